The van der Waals surface area contributed by atoms with Crippen LogP contribution in [0.1, 0.15) is 12.8 Å². The van der Waals surface area contributed by atoms with E-state index in [1.165, 1.54) is 0 Å². The minimum atomic E-state index is -0.852. The van der Waals surface area contributed by atoms with Crippen molar-refractivity contribution in [2.45, 2.75) is 18.9 Å². The van der Waals surface area contributed by atoms with Gasteiger partial charge in [0.05, 0.1) is 5.75 Å². The summed E-state index contributed by atoms with van der Waals surface area (Å²) in [4.78, 5) is 27.8. The zero-order valence-electron chi connectivity index (χ0n) is 10.0. The van der Waals surface area contributed by atoms with Crippen molar-refractivity contribution in [2.75, 3.05) is 12.3 Å². The second kappa shape index (κ2) is 7.26. The molecule has 1 heterocycles. The number of nitrogens with one attached hydrogen (secondary N) is 2. The average molecular weight is 305 g/mol. The van der Waals surface area contributed by atoms with Crippen LogP contribution in [0, 0.1) is 5.41 Å². The predicted molar refractivity (Wildman–Crippen MR) is 75.1 cm³/mol. The molecule has 0 bridgehead atoms. The van der Waals surface area contributed by atoms with Crippen LogP contribution >= 0.6 is 24.0 Å². The van der Waals surface area contributed by atoms with Crippen LogP contribution in [0.25, 0.3) is 0 Å². The van der Waals surface area contributed by atoms with Crippen molar-refractivity contribution in [1.29, 1.82) is 5.41 Å². The first kappa shape index (κ1) is 15.7. The first-order valence-electron chi connectivity index (χ1n) is 5.47. The summed E-state index contributed by atoms with van der Waals surface area (Å²) in [6.45, 7) is 0.438. The SMILES string of the molecule is N=C(N)NCCC[C@H](N)C(=O)ON1C(=O)CSC1=S. The smallest absolute Gasteiger partial charge is 0.349 e. The van der Waals surface area contributed by atoms with Gasteiger partial charge in [-0.1, -0.05) is 11.8 Å². The molecule has 0 saturated carbocycles. The summed E-state index contributed by atoms with van der Waals surface area (Å²) in [5.74, 6) is -1.04. The lowest BCUT2D eigenvalue weighted by Crippen LogP contribution is -2.40. The molecule has 0 spiro atoms. The largest absolute Gasteiger partial charge is 0.370 e. The fourth-order valence-electron chi connectivity index (χ4n) is 1.25. The van der Waals surface area contributed by atoms with Crippen LogP contribution in [0.15, 0.2) is 0 Å². The summed E-state index contributed by atoms with van der Waals surface area (Å²) in [5, 5.41) is 10.3. The summed E-state index contributed by atoms with van der Waals surface area (Å²) in [7, 11) is 0. The topological polar surface area (TPSA) is 135 Å². The Bertz CT molecular complexity index is 387. The highest BCUT2D eigenvalue weighted by Crippen LogP contribution is 2.19. The van der Waals surface area contributed by atoms with Gasteiger partial charge in [-0.05, 0) is 25.1 Å². The van der Waals surface area contributed by atoms with E-state index in [2.05, 4.69) is 5.32 Å². The molecule has 106 valence electrons. The number of guanidine groups is 1. The molecule has 1 amide bonds. The second-order valence-electron chi connectivity index (χ2n) is 3.74. The summed E-state index contributed by atoms with van der Waals surface area (Å²) < 4.78 is 0.212. The summed E-state index contributed by atoms with van der Waals surface area (Å²) in [6.07, 6.45) is 0.893. The molecule has 1 rings (SSSR count). The Hall–Kier alpha value is -1.39. The molecular weight excluding hydrogens is 290 g/mol. The van der Waals surface area contributed by atoms with Gasteiger partial charge in [-0.15, -0.1) is 5.06 Å². The van der Waals surface area contributed by atoms with Crippen LogP contribution in [0.2, 0.25) is 0 Å². The molecule has 0 unspecified atom stereocenters. The van der Waals surface area contributed by atoms with Gasteiger partial charge in [0.15, 0.2) is 10.3 Å². The number of hydrogen-bond acceptors (Lipinski definition) is 7. The lowest BCUT2D eigenvalue weighted by Gasteiger charge is -2.16. The first-order valence-corrected chi connectivity index (χ1v) is 6.86. The lowest BCUT2D eigenvalue weighted by atomic mass is 10.2. The third-order valence-electron chi connectivity index (χ3n) is 2.20. The number of nitrogens with zero attached hydrogens (tertiary/aromatic N) is 1. The summed E-state index contributed by atoms with van der Waals surface area (Å²) in [6, 6.07) is -0.852. The van der Waals surface area contributed by atoms with Crippen LogP contribution in [-0.2, 0) is 14.4 Å². The van der Waals surface area contributed by atoms with E-state index in [1.54, 1.807) is 0 Å². The number of hydrogen-bond donors (Lipinski definition) is 4. The van der Waals surface area contributed by atoms with Crippen molar-refractivity contribution < 1.29 is 14.4 Å². The van der Waals surface area contributed by atoms with Crippen molar-refractivity contribution in [3.05, 3.63) is 0 Å². The predicted octanol–water partition coefficient (Wildman–Crippen LogP) is -1.10. The molecule has 1 atom stereocenters. The third kappa shape index (κ3) is 5.01. The third-order valence-corrected chi connectivity index (χ3v) is 3.53. The van der Waals surface area contributed by atoms with Crippen molar-refractivity contribution in [2.24, 2.45) is 11.5 Å². The Morgan fingerprint density at radius 3 is 2.89 bits per heavy atom. The normalized spacial score (nSPS) is 16.4. The zero-order chi connectivity index (χ0) is 14.4. The van der Waals surface area contributed by atoms with E-state index in [0.29, 0.717) is 19.4 Å². The van der Waals surface area contributed by atoms with Crippen LogP contribution in [-0.4, -0.2) is 45.6 Å². The highest BCUT2D eigenvalue weighted by Gasteiger charge is 2.32. The Labute approximate surface area is 119 Å². The van der Waals surface area contributed by atoms with E-state index in [9.17, 15) is 9.59 Å². The monoisotopic (exact) mass is 305 g/mol. The number of nitrogens with two attached hydrogens (primary N) is 2. The van der Waals surface area contributed by atoms with Crippen molar-refractivity contribution in [3.63, 3.8) is 0 Å². The molecule has 0 radical (unpaired) electrons. The highest BCUT2D eigenvalue weighted by molar-refractivity contribution is 8.23. The molecule has 19 heavy (non-hydrogen) atoms. The molecule has 0 aliphatic carbocycles. The number of thiocarbonyl (C=S) groups is 1. The molecule has 0 aromatic rings. The minimum Gasteiger partial charge on any atom is -0.370 e. The lowest BCUT2D eigenvalue weighted by molar-refractivity contribution is -0.180. The summed E-state index contributed by atoms with van der Waals surface area (Å²) in [5.41, 5.74) is 10.7. The molecule has 10 heteroatoms. The molecule has 0 aromatic heterocycles. The maximum absolute atomic E-state index is 11.6. The van der Waals surface area contributed by atoms with E-state index in [1.807, 2.05) is 0 Å². The number of amides is 1. The van der Waals surface area contributed by atoms with Crippen LogP contribution in [0.5, 0.6) is 0 Å². The first-order chi connectivity index (χ1) is 8.91. The molecule has 6 N–H and O–H groups in total. The van der Waals surface area contributed by atoms with Crippen LogP contribution in [0.4, 0.5) is 0 Å². The molecule has 1 aliphatic rings. The maximum Gasteiger partial charge on any atom is 0.349 e. The van der Waals surface area contributed by atoms with Crippen molar-refractivity contribution in [1.82, 2.24) is 10.4 Å². The Kier molecular flexibility index (Phi) is 5.99. The fraction of sp³-hybridized carbons (Fsp3) is 0.556. The van der Waals surface area contributed by atoms with Gasteiger partial charge in [-0.2, -0.15) is 0 Å². The van der Waals surface area contributed by atoms with Gasteiger partial charge >= 0.3 is 5.97 Å². The van der Waals surface area contributed by atoms with Crippen LogP contribution in [0.3, 0.4) is 0 Å². The van der Waals surface area contributed by atoms with E-state index in [0.717, 1.165) is 16.8 Å². The van der Waals surface area contributed by atoms with Gasteiger partial charge in [-0.3, -0.25) is 10.2 Å². The number of thioether (sulfide) groups is 1. The van der Waals surface area contributed by atoms with Crippen molar-refractivity contribution in [3.8, 4) is 0 Å². The number of rotatable bonds is 6. The van der Waals surface area contributed by atoms with Gasteiger partial charge in [0.2, 0.25) is 0 Å². The van der Waals surface area contributed by atoms with E-state index < -0.39 is 12.0 Å². The average Bonchev–Trinajstić information content (AvgIpc) is 2.65. The van der Waals surface area contributed by atoms with Gasteiger partial charge in [0.1, 0.15) is 6.04 Å². The molecule has 1 fully saturated rings. The van der Waals surface area contributed by atoms with Crippen LogP contribution < -0.4 is 16.8 Å². The Morgan fingerprint density at radius 1 is 1.68 bits per heavy atom. The van der Waals surface area contributed by atoms with E-state index in [4.69, 9.17) is 33.9 Å². The Morgan fingerprint density at radius 2 is 2.37 bits per heavy atom. The van der Waals surface area contributed by atoms with Gasteiger partial charge in [0.25, 0.3) is 5.91 Å². The van der Waals surface area contributed by atoms with E-state index in [-0.39, 0.29) is 21.9 Å². The quantitative estimate of drug-likeness (QED) is 0.210. The number of carbonyl (C=O) groups is 2. The second-order valence-corrected chi connectivity index (χ2v) is 5.35. The van der Waals surface area contributed by atoms with E-state index >= 15 is 0 Å². The van der Waals surface area contributed by atoms with Crippen molar-refractivity contribution >= 4 is 46.1 Å². The minimum absolute atomic E-state index is 0.138. The standard InChI is InChI=1S/C9H15N5O3S2/c10-5(2-1-3-13-8(11)12)7(16)17-14-6(15)4-19-9(14)18/h5H,1-4,10H2,(H4,11,12,13)/t5-/m0/s1. The molecule has 8 nitrogen and oxygen atoms in total. The molecular formula is C9H15N5O3S2. The van der Waals surface area contributed by atoms with Gasteiger partial charge in [0, 0.05) is 6.54 Å². The van der Waals surface area contributed by atoms with Gasteiger partial charge in [-0.25, -0.2) is 4.79 Å². The molecule has 1 saturated heterocycles. The number of hydroxylamine groups is 2. The van der Waals surface area contributed by atoms with Gasteiger partial charge < -0.3 is 21.6 Å². The maximum atomic E-state index is 11.6. The zero-order valence-corrected chi connectivity index (χ0v) is 11.7. The highest BCUT2D eigenvalue weighted by atomic mass is 32.2. The Balaban J connectivity index is 2.30. The summed E-state index contributed by atoms with van der Waals surface area (Å²) >= 11 is 5.99. The molecule has 0 aromatic carbocycles. The molecule has 1 aliphatic heterocycles. The fourth-order valence-corrected chi connectivity index (χ4v) is 2.19. The number of carbonyl (C=O) groups excluding carboxylic acids is 2.